The van der Waals surface area contributed by atoms with Gasteiger partial charge in [0.05, 0.1) is 19.3 Å². The maximum Gasteiger partial charge on any atom is 0.277 e. The first kappa shape index (κ1) is 19.7. The molecule has 0 spiro atoms. The standard InChI is InChI=1S/C23H24N4O3/c1-16-12-20-21(28)27(18-10-7-11-19(13-18)30-3)23(2,15-26(20)25-16)22(29)24-14-17-8-5-4-6-9-17/h4-13H,14-15H2,1-3H3,(H,24,29)/t23-/m0/s1. The lowest BCUT2D eigenvalue weighted by Crippen LogP contribution is -2.64. The number of rotatable bonds is 5. The fourth-order valence-corrected chi connectivity index (χ4v) is 3.83. The predicted molar refractivity (Wildman–Crippen MR) is 113 cm³/mol. The fourth-order valence-electron chi connectivity index (χ4n) is 3.83. The molecule has 0 unspecified atom stereocenters. The lowest BCUT2D eigenvalue weighted by Gasteiger charge is -2.43. The Labute approximate surface area is 175 Å². The second kappa shape index (κ2) is 7.67. The number of aryl methyl sites for hydroxylation is 1. The molecule has 1 atom stereocenters. The fraction of sp³-hybridized carbons (Fsp3) is 0.261. The molecule has 1 aliphatic heterocycles. The zero-order valence-electron chi connectivity index (χ0n) is 17.3. The van der Waals surface area contributed by atoms with Crippen molar-refractivity contribution in [3.05, 3.63) is 77.6 Å². The van der Waals surface area contributed by atoms with E-state index in [1.54, 1.807) is 47.9 Å². The maximum atomic E-state index is 13.5. The lowest BCUT2D eigenvalue weighted by molar-refractivity contribution is -0.126. The van der Waals surface area contributed by atoms with Crippen LogP contribution in [0.2, 0.25) is 0 Å². The van der Waals surface area contributed by atoms with Crippen LogP contribution in [0.4, 0.5) is 5.69 Å². The molecule has 2 heterocycles. The topological polar surface area (TPSA) is 76.5 Å². The van der Waals surface area contributed by atoms with Crippen LogP contribution in [0, 0.1) is 6.92 Å². The van der Waals surface area contributed by atoms with Gasteiger partial charge in [0.2, 0.25) is 5.91 Å². The number of carbonyl (C=O) groups is 2. The van der Waals surface area contributed by atoms with Crippen LogP contribution in [-0.2, 0) is 17.9 Å². The number of anilines is 1. The summed E-state index contributed by atoms with van der Waals surface area (Å²) >= 11 is 0. The SMILES string of the molecule is COc1cccc(N2C(=O)c3cc(C)nn3C[C@@]2(C)C(=O)NCc2ccccc2)c1. The number of hydrogen-bond donors (Lipinski definition) is 1. The monoisotopic (exact) mass is 404 g/mol. The molecule has 3 aromatic rings. The molecule has 0 fully saturated rings. The van der Waals surface area contributed by atoms with Crippen molar-refractivity contribution < 1.29 is 14.3 Å². The number of carbonyl (C=O) groups excluding carboxylic acids is 2. The summed E-state index contributed by atoms with van der Waals surface area (Å²) in [7, 11) is 1.57. The van der Waals surface area contributed by atoms with Crippen molar-refractivity contribution >= 4 is 17.5 Å². The van der Waals surface area contributed by atoms with Gasteiger partial charge in [0.15, 0.2) is 0 Å². The van der Waals surface area contributed by atoms with Crippen LogP contribution < -0.4 is 15.0 Å². The van der Waals surface area contributed by atoms with E-state index in [1.807, 2.05) is 43.3 Å². The Morgan fingerprint density at radius 1 is 1.17 bits per heavy atom. The van der Waals surface area contributed by atoms with Gasteiger partial charge in [-0.05, 0) is 37.6 Å². The molecule has 0 aliphatic carbocycles. The van der Waals surface area contributed by atoms with Crippen LogP contribution in [0.1, 0.15) is 28.7 Å². The van der Waals surface area contributed by atoms with Crippen LogP contribution in [0.25, 0.3) is 0 Å². The van der Waals surface area contributed by atoms with Gasteiger partial charge in [0, 0.05) is 18.3 Å². The average molecular weight is 404 g/mol. The highest BCUT2D eigenvalue weighted by atomic mass is 16.5. The number of methoxy groups -OCH3 is 1. The third-order valence-corrected chi connectivity index (χ3v) is 5.37. The van der Waals surface area contributed by atoms with Gasteiger partial charge in [0.25, 0.3) is 5.91 Å². The third-order valence-electron chi connectivity index (χ3n) is 5.37. The average Bonchev–Trinajstić information content (AvgIpc) is 3.13. The molecule has 0 radical (unpaired) electrons. The highest BCUT2D eigenvalue weighted by Gasteiger charge is 2.48. The summed E-state index contributed by atoms with van der Waals surface area (Å²) in [4.78, 5) is 28.4. The van der Waals surface area contributed by atoms with Gasteiger partial charge >= 0.3 is 0 Å². The van der Waals surface area contributed by atoms with Crippen LogP contribution in [0.15, 0.2) is 60.7 Å². The molecule has 1 aromatic heterocycles. The highest BCUT2D eigenvalue weighted by molar-refractivity contribution is 6.11. The number of fused-ring (bicyclic) bond motifs is 1. The van der Waals surface area contributed by atoms with Crippen molar-refractivity contribution in [2.24, 2.45) is 0 Å². The van der Waals surface area contributed by atoms with Crippen molar-refractivity contribution in [1.82, 2.24) is 15.1 Å². The summed E-state index contributed by atoms with van der Waals surface area (Å²) < 4.78 is 6.95. The summed E-state index contributed by atoms with van der Waals surface area (Å²) in [6, 6.07) is 18.6. The summed E-state index contributed by atoms with van der Waals surface area (Å²) in [6.45, 7) is 4.23. The summed E-state index contributed by atoms with van der Waals surface area (Å²) in [5, 5.41) is 7.41. The van der Waals surface area contributed by atoms with Crippen LogP contribution in [0.5, 0.6) is 5.75 Å². The van der Waals surface area contributed by atoms with Crippen LogP contribution in [-0.4, -0.2) is 34.2 Å². The summed E-state index contributed by atoms with van der Waals surface area (Å²) in [5.74, 6) is 0.0939. The van der Waals surface area contributed by atoms with Crippen molar-refractivity contribution in [1.29, 1.82) is 0 Å². The summed E-state index contributed by atoms with van der Waals surface area (Å²) in [6.07, 6.45) is 0. The van der Waals surface area contributed by atoms with Crippen molar-refractivity contribution in [3.8, 4) is 5.75 Å². The molecule has 0 saturated heterocycles. The second-order valence-electron chi connectivity index (χ2n) is 7.61. The minimum Gasteiger partial charge on any atom is -0.497 e. The molecule has 1 aliphatic rings. The third kappa shape index (κ3) is 3.43. The molecule has 30 heavy (non-hydrogen) atoms. The molecule has 1 N–H and O–H groups in total. The lowest BCUT2D eigenvalue weighted by atomic mass is 9.93. The Bertz CT molecular complexity index is 1090. The molecule has 7 heteroatoms. The van der Waals surface area contributed by atoms with Crippen LogP contribution >= 0.6 is 0 Å². The first-order valence-electron chi connectivity index (χ1n) is 9.77. The van der Waals surface area contributed by atoms with E-state index in [2.05, 4.69) is 10.4 Å². The number of nitrogens with zero attached hydrogens (tertiary/aromatic N) is 3. The molecule has 7 nitrogen and oxygen atoms in total. The van der Waals surface area contributed by atoms with E-state index in [4.69, 9.17) is 4.74 Å². The van der Waals surface area contributed by atoms with Crippen molar-refractivity contribution in [3.63, 3.8) is 0 Å². The quantitative estimate of drug-likeness (QED) is 0.709. The number of benzene rings is 2. The van der Waals surface area contributed by atoms with E-state index >= 15 is 0 Å². The van der Waals surface area contributed by atoms with Gasteiger partial charge in [-0.15, -0.1) is 0 Å². The van der Waals surface area contributed by atoms with E-state index in [0.29, 0.717) is 23.7 Å². The Kier molecular flexibility index (Phi) is 5.03. The minimum absolute atomic E-state index is 0.249. The highest BCUT2D eigenvalue weighted by Crippen LogP contribution is 2.34. The number of ether oxygens (including phenoxy) is 1. The molecule has 0 bridgehead atoms. The molecule has 154 valence electrons. The van der Waals surface area contributed by atoms with Crippen LogP contribution in [0.3, 0.4) is 0 Å². The Morgan fingerprint density at radius 2 is 1.93 bits per heavy atom. The molecular weight excluding hydrogens is 380 g/mol. The smallest absolute Gasteiger partial charge is 0.277 e. The van der Waals surface area contributed by atoms with E-state index in [-0.39, 0.29) is 18.4 Å². The Morgan fingerprint density at radius 3 is 2.67 bits per heavy atom. The number of aromatic nitrogens is 2. The Hall–Kier alpha value is -3.61. The Balaban J connectivity index is 1.73. The second-order valence-corrected chi connectivity index (χ2v) is 7.61. The van der Waals surface area contributed by atoms with Gasteiger partial charge in [0.1, 0.15) is 17.0 Å². The number of nitrogens with one attached hydrogen (secondary N) is 1. The van der Waals surface area contributed by atoms with Gasteiger partial charge in [-0.2, -0.15) is 5.10 Å². The van der Waals surface area contributed by atoms with E-state index in [9.17, 15) is 9.59 Å². The van der Waals surface area contributed by atoms with Gasteiger partial charge in [-0.25, -0.2) is 0 Å². The molecular formula is C23H24N4O3. The van der Waals surface area contributed by atoms with E-state index < -0.39 is 5.54 Å². The van der Waals surface area contributed by atoms with Gasteiger partial charge in [-0.1, -0.05) is 36.4 Å². The minimum atomic E-state index is -1.16. The molecule has 2 amide bonds. The zero-order valence-corrected chi connectivity index (χ0v) is 17.3. The van der Waals surface area contributed by atoms with E-state index in [0.717, 1.165) is 11.3 Å². The number of amides is 2. The normalized spacial score (nSPS) is 18.1. The van der Waals surface area contributed by atoms with Crippen molar-refractivity contribution in [2.45, 2.75) is 32.5 Å². The first-order chi connectivity index (χ1) is 14.4. The largest absolute Gasteiger partial charge is 0.497 e. The molecule has 4 rings (SSSR count). The first-order valence-corrected chi connectivity index (χ1v) is 9.77. The predicted octanol–water partition coefficient (Wildman–Crippen LogP) is 2.94. The molecule has 0 saturated carbocycles. The number of hydrogen-bond acceptors (Lipinski definition) is 4. The summed E-state index contributed by atoms with van der Waals surface area (Å²) in [5.41, 5.74) is 1.62. The zero-order chi connectivity index (χ0) is 21.3. The van der Waals surface area contributed by atoms with Gasteiger partial charge < -0.3 is 10.1 Å². The van der Waals surface area contributed by atoms with Crippen molar-refractivity contribution in [2.75, 3.05) is 12.0 Å². The maximum absolute atomic E-state index is 13.5. The van der Waals surface area contributed by atoms with E-state index in [1.165, 1.54) is 0 Å². The molecule has 2 aromatic carbocycles. The van der Waals surface area contributed by atoms with Gasteiger partial charge in [-0.3, -0.25) is 19.2 Å².